The molecule has 108 valence electrons. The summed E-state index contributed by atoms with van der Waals surface area (Å²) in [5, 5.41) is -0.206. The number of nitrogens with zero attached hydrogens (tertiary/aromatic N) is 1. The Morgan fingerprint density at radius 1 is 1.25 bits per heavy atom. The molecule has 0 aliphatic carbocycles. The zero-order valence-corrected chi connectivity index (χ0v) is 10.8. The molecule has 1 heterocycles. The highest BCUT2D eigenvalue weighted by molar-refractivity contribution is 7.89. The number of hydrogen-bond acceptors (Lipinski definition) is 3. The smallest absolute Gasteiger partial charge is 0.335 e. The van der Waals surface area contributed by atoms with Crippen molar-refractivity contribution in [3.05, 3.63) is 47.9 Å². The van der Waals surface area contributed by atoms with Gasteiger partial charge in [-0.25, -0.2) is 18.1 Å². The Morgan fingerprint density at radius 3 is 2.55 bits per heavy atom. The summed E-state index contributed by atoms with van der Waals surface area (Å²) in [5.41, 5.74) is -1.02. The predicted molar refractivity (Wildman–Crippen MR) is 64.1 cm³/mol. The van der Waals surface area contributed by atoms with Crippen molar-refractivity contribution >= 4 is 10.0 Å². The third kappa shape index (κ3) is 3.17. The van der Waals surface area contributed by atoms with Gasteiger partial charge < -0.3 is 4.98 Å². The summed E-state index contributed by atoms with van der Waals surface area (Å²) in [6.07, 6.45) is -2.30. The number of rotatable bonds is 4. The third-order valence-electron chi connectivity index (χ3n) is 2.54. The lowest BCUT2D eigenvalue weighted by atomic mass is 10.1. The van der Waals surface area contributed by atoms with E-state index in [2.05, 4.69) is 14.7 Å². The summed E-state index contributed by atoms with van der Waals surface area (Å²) in [7, 11) is -3.91. The minimum atomic E-state index is -4.53. The molecule has 0 radical (unpaired) electrons. The highest BCUT2D eigenvalue weighted by Gasteiger charge is 2.33. The van der Waals surface area contributed by atoms with E-state index in [0.29, 0.717) is 0 Å². The van der Waals surface area contributed by atoms with Crippen molar-refractivity contribution in [2.75, 3.05) is 0 Å². The molecule has 1 aromatic heterocycles. The molecule has 0 unspecified atom stereocenters. The number of alkyl halides is 3. The van der Waals surface area contributed by atoms with Crippen molar-refractivity contribution in [1.29, 1.82) is 0 Å². The molecule has 1 aromatic carbocycles. The standard InChI is InChI=1S/C11H10F3N3O2S/c12-11(13,14)9-4-2-1-3-8(9)5-17-20(18,19)10-6-15-7-16-10/h1-4,6-7,17H,5H2,(H,15,16). The maximum absolute atomic E-state index is 12.7. The number of aromatic nitrogens is 2. The average Bonchev–Trinajstić information content (AvgIpc) is 2.90. The van der Waals surface area contributed by atoms with Crippen LogP contribution in [-0.4, -0.2) is 18.4 Å². The van der Waals surface area contributed by atoms with Crippen LogP contribution in [-0.2, 0) is 22.7 Å². The minimum Gasteiger partial charge on any atom is -0.335 e. The Hall–Kier alpha value is -1.87. The maximum atomic E-state index is 12.7. The zero-order chi connectivity index (χ0) is 14.8. The number of benzene rings is 1. The molecular formula is C11H10F3N3O2S. The number of imidazole rings is 1. The molecule has 9 heteroatoms. The fourth-order valence-corrected chi connectivity index (χ4v) is 2.50. The normalized spacial score (nSPS) is 12.6. The Morgan fingerprint density at radius 2 is 1.95 bits per heavy atom. The number of aromatic amines is 1. The first kappa shape index (κ1) is 14.5. The quantitative estimate of drug-likeness (QED) is 0.906. The van der Waals surface area contributed by atoms with Crippen molar-refractivity contribution in [1.82, 2.24) is 14.7 Å². The van der Waals surface area contributed by atoms with Crippen LogP contribution in [0.15, 0.2) is 41.8 Å². The van der Waals surface area contributed by atoms with E-state index in [1.165, 1.54) is 18.2 Å². The fraction of sp³-hybridized carbons (Fsp3) is 0.182. The van der Waals surface area contributed by atoms with E-state index >= 15 is 0 Å². The van der Waals surface area contributed by atoms with E-state index in [9.17, 15) is 21.6 Å². The van der Waals surface area contributed by atoms with Crippen LogP contribution < -0.4 is 4.72 Å². The Labute approximate surface area is 112 Å². The summed E-state index contributed by atoms with van der Waals surface area (Å²) < 4.78 is 63.9. The van der Waals surface area contributed by atoms with Gasteiger partial charge in [0.15, 0.2) is 5.03 Å². The summed E-state index contributed by atoms with van der Waals surface area (Å²) in [5.74, 6) is 0. The van der Waals surface area contributed by atoms with Crippen molar-refractivity contribution in [2.24, 2.45) is 0 Å². The summed E-state index contributed by atoms with van der Waals surface area (Å²) >= 11 is 0. The molecule has 5 nitrogen and oxygen atoms in total. The topological polar surface area (TPSA) is 74.8 Å². The fourth-order valence-electron chi connectivity index (χ4n) is 1.59. The van der Waals surface area contributed by atoms with Gasteiger partial charge in [0.25, 0.3) is 10.0 Å². The molecule has 0 saturated carbocycles. The van der Waals surface area contributed by atoms with Gasteiger partial charge >= 0.3 is 6.18 Å². The van der Waals surface area contributed by atoms with Gasteiger partial charge in [-0.15, -0.1) is 0 Å². The molecule has 0 aliphatic heterocycles. The second kappa shape index (κ2) is 5.25. The van der Waals surface area contributed by atoms with Crippen molar-refractivity contribution in [3.8, 4) is 0 Å². The van der Waals surface area contributed by atoms with Crippen LogP contribution >= 0.6 is 0 Å². The van der Waals surface area contributed by atoms with Gasteiger partial charge in [0.05, 0.1) is 18.1 Å². The summed E-state index contributed by atoms with van der Waals surface area (Å²) in [4.78, 5) is 5.92. The Balaban J connectivity index is 2.21. The van der Waals surface area contributed by atoms with Crippen molar-refractivity contribution in [3.63, 3.8) is 0 Å². The summed E-state index contributed by atoms with van der Waals surface area (Å²) in [6, 6.07) is 4.78. The lowest BCUT2D eigenvalue weighted by Gasteiger charge is -2.12. The van der Waals surface area contributed by atoms with Gasteiger partial charge in [-0.1, -0.05) is 18.2 Å². The lowest BCUT2D eigenvalue weighted by molar-refractivity contribution is -0.138. The molecule has 0 fully saturated rings. The van der Waals surface area contributed by atoms with Gasteiger partial charge in [0, 0.05) is 6.54 Å². The van der Waals surface area contributed by atoms with E-state index in [4.69, 9.17) is 0 Å². The highest BCUT2D eigenvalue weighted by Crippen LogP contribution is 2.31. The first-order valence-electron chi connectivity index (χ1n) is 5.44. The first-order valence-corrected chi connectivity index (χ1v) is 6.92. The molecular weight excluding hydrogens is 295 g/mol. The van der Waals surface area contributed by atoms with Crippen LogP contribution in [0.2, 0.25) is 0 Å². The van der Waals surface area contributed by atoms with Crippen LogP contribution in [0, 0.1) is 0 Å². The minimum absolute atomic E-state index is 0.150. The molecule has 2 N–H and O–H groups in total. The SMILES string of the molecule is O=S(=O)(NCc1ccccc1C(F)(F)F)c1cnc[nH]1. The zero-order valence-electron chi connectivity index (χ0n) is 9.98. The van der Waals surface area contributed by atoms with Crippen LogP contribution in [0.25, 0.3) is 0 Å². The predicted octanol–water partition coefficient (Wildman–Crippen LogP) is 1.91. The van der Waals surface area contributed by atoms with Gasteiger partial charge in [0.1, 0.15) is 0 Å². The molecule has 20 heavy (non-hydrogen) atoms. The maximum Gasteiger partial charge on any atom is 0.416 e. The number of sulfonamides is 1. The summed E-state index contributed by atoms with van der Waals surface area (Å²) in [6.45, 7) is -0.461. The Bertz CT molecular complexity index is 681. The third-order valence-corrected chi connectivity index (χ3v) is 3.86. The van der Waals surface area contributed by atoms with Crippen LogP contribution in [0.1, 0.15) is 11.1 Å². The van der Waals surface area contributed by atoms with Crippen molar-refractivity contribution in [2.45, 2.75) is 17.7 Å². The first-order chi connectivity index (χ1) is 9.31. The molecule has 0 spiro atoms. The van der Waals surface area contributed by atoms with Gasteiger partial charge in [0.2, 0.25) is 0 Å². The van der Waals surface area contributed by atoms with Crippen LogP contribution in [0.4, 0.5) is 13.2 Å². The lowest BCUT2D eigenvalue weighted by Crippen LogP contribution is -2.25. The molecule has 0 atom stereocenters. The van der Waals surface area contributed by atoms with Crippen LogP contribution in [0.3, 0.4) is 0 Å². The highest BCUT2D eigenvalue weighted by atomic mass is 32.2. The second-order valence-corrected chi connectivity index (χ2v) is 5.63. The molecule has 0 bridgehead atoms. The van der Waals surface area contributed by atoms with E-state index in [-0.39, 0.29) is 10.6 Å². The second-order valence-electron chi connectivity index (χ2n) is 3.90. The van der Waals surface area contributed by atoms with Crippen LogP contribution in [0.5, 0.6) is 0 Å². The number of halogens is 3. The van der Waals surface area contributed by atoms with E-state index in [0.717, 1.165) is 18.6 Å². The number of hydrogen-bond donors (Lipinski definition) is 2. The van der Waals surface area contributed by atoms with E-state index < -0.39 is 28.3 Å². The average molecular weight is 305 g/mol. The van der Waals surface area contributed by atoms with Gasteiger partial charge in [-0.05, 0) is 11.6 Å². The monoisotopic (exact) mass is 305 g/mol. The molecule has 0 aliphatic rings. The molecule has 0 amide bonds. The van der Waals surface area contributed by atoms with E-state index in [1.54, 1.807) is 0 Å². The molecule has 2 aromatic rings. The van der Waals surface area contributed by atoms with Gasteiger partial charge in [-0.2, -0.15) is 13.2 Å². The van der Waals surface area contributed by atoms with Crippen molar-refractivity contribution < 1.29 is 21.6 Å². The molecule has 2 rings (SSSR count). The number of H-pyrrole nitrogens is 1. The molecule has 0 saturated heterocycles. The largest absolute Gasteiger partial charge is 0.416 e. The van der Waals surface area contributed by atoms with Gasteiger partial charge in [-0.3, -0.25) is 0 Å². The Kier molecular flexibility index (Phi) is 3.82. The van der Waals surface area contributed by atoms with E-state index in [1.807, 2.05) is 0 Å². The number of nitrogens with one attached hydrogen (secondary N) is 2.